The number of carbonyl (C=O) groups is 1. The third-order valence-corrected chi connectivity index (χ3v) is 4.75. The monoisotopic (exact) mass is 269 g/mol. The first-order chi connectivity index (χ1) is 9.10. The van der Waals surface area contributed by atoms with Gasteiger partial charge in [-0.25, -0.2) is 0 Å². The summed E-state index contributed by atoms with van der Waals surface area (Å²) < 4.78 is 0. The van der Waals surface area contributed by atoms with Gasteiger partial charge in [0.2, 0.25) is 5.91 Å². The molecule has 0 bridgehead atoms. The molecule has 0 spiro atoms. The van der Waals surface area contributed by atoms with Crippen molar-refractivity contribution in [3.05, 3.63) is 0 Å². The number of rotatable bonds is 8. The predicted octanol–water partition coefficient (Wildman–Crippen LogP) is 1.74. The molecule has 0 aromatic carbocycles. The highest BCUT2D eigenvalue weighted by Crippen LogP contribution is 2.37. The number of likely N-dealkylation sites (tertiary alicyclic amines) is 1. The van der Waals surface area contributed by atoms with E-state index in [1.807, 2.05) is 0 Å². The lowest BCUT2D eigenvalue weighted by molar-refractivity contribution is -0.122. The Morgan fingerprint density at radius 2 is 2.05 bits per heavy atom. The van der Waals surface area contributed by atoms with Crippen molar-refractivity contribution >= 4 is 5.91 Å². The number of nitrogens with one attached hydrogen (secondary N) is 1. The van der Waals surface area contributed by atoms with Crippen LogP contribution in [0.15, 0.2) is 0 Å². The SMILES string of the molecule is CCCNC(=O)CC(CN)N1CCC(CC)(CC)C1. The van der Waals surface area contributed by atoms with E-state index in [-0.39, 0.29) is 11.9 Å². The van der Waals surface area contributed by atoms with E-state index >= 15 is 0 Å². The topological polar surface area (TPSA) is 58.4 Å². The van der Waals surface area contributed by atoms with Crippen LogP contribution in [0.2, 0.25) is 0 Å². The number of hydrogen-bond donors (Lipinski definition) is 2. The van der Waals surface area contributed by atoms with Crippen molar-refractivity contribution in [2.24, 2.45) is 11.1 Å². The van der Waals surface area contributed by atoms with Crippen LogP contribution in [0, 0.1) is 5.41 Å². The molecule has 1 fully saturated rings. The predicted molar refractivity (Wildman–Crippen MR) is 80.0 cm³/mol. The summed E-state index contributed by atoms with van der Waals surface area (Å²) in [7, 11) is 0. The van der Waals surface area contributed by atoms with Crippen molar-refractivity contribution < 1.29 is 4.79 Å². The quantitative estimate of drug-likeness (QED) is 0.706. The Kier molecular flexibility index (Phi) is 6.80. The van der Waals surface area contributed by atoms with Crippen LogP contribution in [0.4, 0.5) is 0 Å². The summed E-state index contributed by atoms with van der Waals surface area (Å²) in [6.07, 6.45) is 5.21. The molecule has 0 aliphatic carbocycles. The molecule has 1 rings (SSSR count). The van der Waals surface area contributed by atoms with Gasteiger partial charge in [0.15, 0.2) is 0 Å². The molecule has 19 heavy (non-hydrogen) atoms. The van der Waals surface area contributed by atoms with Crippen LogP contribution >= 0.6 is 0 Å². The smallest absolute Gasteiger partial charge is 0.221 e. The van der Waals surface area contributed by atoms with Crippen LogP contribution < -0.4 is 11.1 Å². The highest BCUT2D eigenvalue weighted by Gasteiger charge is 2.37. The zero-order valence-electron chi connectivity index (χ0n) is 12.9. The Morgan fingerprint density at radius 3 is 2.53 bits per heavy atom. The molecule has 1 unspecified atom stereocenters. The van der Waals surface area contributed by atoms with Gasteiger partial charge < -0.3 is 11.1 Å². The van der Waals surface area contributed by atoms with E-state index in [0.29, 0.717) is 18.4 Å². The van der Waals surface area contributed by atoms with Gasteiger partial charge in [-0.2, -0.15) is 0 Å². The third-order valence-electron chi connectivity index (χ3n) is 4.75. The van der Waals surface area contributed by atoms with Gasteiger partial charge in [-0.3, -0.25) is 9.69 Å². The molecule has 1 aliphatic rings. The molecule has 4 nitrogen and oxygen atoms in total. The summed E-state index contributed by atoms with van der Waals surface area (Å²) in [4.78, 5) is 14.3. The first kappa shape index (κ1) is 16.4. The van der Waals surface area contributed by atoms with Crippen LogP contribution in [-0.4, -0.2) is 43.0 Å². The Balaban J connectivity index is 2.50. The van der Waals surface area contributed by atoms with Crippen LogP contribution in [0.5, 0.6) is 0 Å². The minimum atomic E-state index is 0.141. The molecule has 1 saturated heterocycles. The molecule has 0 aromatic heterocycles. The lowest BCUT2D eigenvalue weighted by atomic mass is 9.82. The van der Waals surface area contributed by atoms with E-state index < -0.39 is 0 Å². The Hall–Kier alpha value is -0.610. The largest absolute Gasteiger partial charge is 0.356 e. The highest BCUT2D eigenvalue weighted by molar-refractivity contribution is 5.76. The van der Waals surface area contributed by atoms with E-state index in [4.69, 9.17) is 5.73 Å². The zero-order valence-corrected chi connectivity index (χ0v) is 12.9. The molecule has 1 amide bonds. The van der Waals surface area contributed by atoms with Crippen molar-refractivity contribution in [1.82, 2.24) is 10.2 Å². The standard InChI is InChI=1S/C15H31N3O/c1-4-8-17-14(19)10-13(11-16)18-9-7-15(5-2,6-3)12-18/h13H,4-12,16H2,1-3H3,(H,17,19). The summed E-state index contributed by atoms with van der Waals surface area (Å²) in [5, 5.41) is 2.95. The Morgan fingerprint density at radius 1 is 1.37 bits per heavy atom. The van der Waals surface area contributed by atoms with E-state index in [1.165, 1.54) is 19.3 Å². The van der Waals surface area contributed by atoms with Gasteiger partial charge in [0.05, 0.1) is 0 Å². The summed E-state index contributed by atoms with van der Waals surface area (Å²) in [5.74, 6) is 0.141. The molecule has 1 atom stereocenters. The first-order valence-corrected chi connectivity index (χ1v) is 7.81. The summed E-state index contributed by atoms with van der Waals surface area (Å²) in [6.45, 7) is 10.1. The van der Waals surface area contributed by atoms with E-state index in [2.05, 4.69) is 31.0 Å². The minimum Gasteiger partial charge on any atom is -0.356 e. The Bertz CT molecular complexity index is 277. The molecular weight excluding hydrogens is 238 g/mol. The molecule has 3 N–H and O–H groups in total. The number of hydrogen-bond acceptors (Lipinski definition) is 3. The van der Waals surface area contributed by atoms with Crippen LogP contribution in [0.3, 0.4) is 0 Å². The second-order valence-electron chi connectivity index (χ2n) is 5.87. The minimum absolute atomic E-state index is 0.141. The van der Waals surface area contributed by atoms with Gasteiger partial charge in [-0.05, 0) is 37.6 Å². The number of amides is 1. The van der Waals surface area contributed by atoms with Gasteiger partial charge in [0.25, 0.3) is 0 Å². The molecule has 1 heterocycles. The van der Waals surface area contributed by atoms with Crippen molar-refractivity contribution in [2.75, 3.05) is 26.2 Å². The average molecular weight is 269 g/mol. The van der Waals surface area contributed by atoms with Gasteiger partial charge in [-0.1, -0.05) is 20.8 Å². The molecule has 0 saturated carbocycles. The highest BCUT2D eigenvalue weighted by atomic mass is 16.1. The van der Waals surface area contributed by atoms with Crippen LogP contribution in [0.25, 0.3) is 0 Å². The zero-order chi connectivity index (χ0) is 14.3. The van der Waals surface area contributed by atoms with Gasteiger partial charge in [0, 0.05) is 32.1 Å². The lowest BCUT2D eigenvalue weighted by Crippen LogP contribution is -2.43. The second-order valence-corrected chi connectivity index (χ2v) is 5.87. The maximum Gasteiger partial charge on any atom is 0.221 e. The summed E-state index contributed by atoms with van der Waals surface area (Å²) in [5.41, 5.74) is 6.33. The molecular formula is C15H31N3O. The maximum atomic E-state index is 11.8. The molecule has 4 heteroatoms. The number of carbonyl (C=O) groups excluding carboxylic acids is 1. The van der Waals surface area contributed by atoms with Crippen molar-refractivity contribution in [2.45, 2.75) is 58.9 Å². The fraction of sp³-hybridized carbons (Fsp3) is 0.933. The van der Waals surface area contributed by atoms with Gasteiger partial charge in [-0.15, -0.1) is 0 Å². The fourth-order valence-electron chi connectivity index (χ4n) is 3.02. The average Bonchev–Trinajstić information content (AvgIpc) is 2.87. The van der Waals surface area contributed by atoms with Crippen LogP contribution in [-0.2, 0) is 4.79 Å². The van der Waals surface area contributed by atoms with E-state index in [9.17, 15) is 4.79 Å². The molecule has 112 valence electrons. The number of nitrogens with zero attached hydrogens (tertiary/aromatic N) is 1. The summed E-state index contributed by atoms with van der Waals surface area (Å²) >= 11 is 0. The van der Waals surface area contributed by atoms with E-state index in [0.717, 1.165) is 26.1 Å². The maximum absolute atomic E-state index is 11.8. The fourth-order valence-corrected chi connectivity index (χ4v) is 3.02. The van der Waals surface area contributed by atoms with E-state index in [1.54, 1.807) is 0 Å². The van der Waals surface area contributed by atoms with Crippen molar-refractivity contribution in [3.8, 4) is 0 Å². The second kappa shape index (κ2) is 7.85. The van der Waals surface area contributed by atoms with Crippen LogP contribution in [0.1, 0.15) is 52.9 Å². The summed E-state index contributed by atoms with van der Waals surface area (Å²) in [6, 6.07) is 0.205. The first-order valence-electron chi connectivity index (χ1n) is 7.81. The van der Waals surface area contributed by atoms with Crippen molar-refractivity contribution in [3.63, 3.8) is 0 Å². The Labute approximate surface area is 118 Å². The lowest BCUT2D eigenvalue weighted by Gasteiger charge is -2.30. The molecule has 0 radical (unpaired) electrons. The normalized spacial score (nSPS) is 20.4. The third kappa shape index (κ3) is 4.46. The van der Waals surface area contributed by atoms with Gasteiger partial charge in [0.1, 0.15) is 0 Å². The van der Waals surface area contributed by atoms with Gasteiger partial charge >= 0.3 is 0 Å². The number of nitrogens with two attached hydrogens (primary N) is 1. The molecule has 1 aliphatic heterocycles. The molecule has 0 aromatic rings. The van der Waals surface area contributed by atoms with Crippen molar-refractivity contribution in [1.29, 1.82) is 0 Å².